The van der Waals surface area contributed by atoms with Gasteiger partial charge in [0.1, 0.15) is 24.6 Å². The number of anilines is 1. The fraction of sp³-hybridized carbons (Fsp3) is 0.500. The molecule has 0 bridgehead atoms. The van der Waals surface area contributed by atoms with E-state index in [1.807, 2.05) is 13.8 Å². The zero-order valence-corrected chi connectivity index (χ0v) is 25.9. The third-order valence-corrected chi connectivity index (χ3v) is 7.39. The first-order valence-electron chi connectivity index (χ1n) is 13.4. The summed E-state index contributed by atoms with van der Waals surface area (Å²) in [4.78, 5) is 30.1. The molecule has 1 aromatic heterocycles. The first-order chi connectivity index (χ1) is 20.9. The van der Waals surface area contributed by atoms with Gasteiger partial charge in [-0.25, -0.2) is 36.8 Å². The fourth-order valence-electron chi connectivity index (χ4n) is 3.86. The second-order valence-electron chi connectivity index (χ2n) is 10.2. The minimum atomic E-state index is -3.72. The van der Waals surface area contributed by atoms with Crippen LogP contribution in [0.25, 0.3) is 17.3 Å². The van der Waals surface area contributed by atoms with Crippen LogP contribution in [0.4, 0.5) is 10.3 Å². The first kappa shape index (κ1) is 38.0. The van der Waals surface area contributed by atoms with Gasteiger partial charge in [0, 0.05) is 24.6 Å². The van der Waals surface area contributed by atoms with Crippen LogP contribution in [-0.2, 0) is 29.2 Å². The predicted molar refractivity (Wildman–Crippen MR) is 152 cm³/mol. The highest BCUT2D eigenvalue weighted by atomic mass is 32.2. The molecular formula is C26H38FN5O12S. The van der Waals surface area contributed by atoms with Crippen LogP contribution < -0.4 is 4.31 Å². The lowest BCUT2D eigenvalue weighted by molar-refractivity contribution is -0.538. The molecule has 1 heterocycles. The average molecular weight is 664 g/mol. The van der Waals surface area contributed by atoms with Crippen LogP contribution in [0.15, 0.2) is 30.3 Å². The zero-order valence-electron chi connectivity index (χ0n) is 25.1. The van der Waals surface area contributed by atoms with E-state index in [-0.39, 0.29) is 24.0 Å². The molecule has 1 aromatic carbocycles. The summed E-state index contributed by atoms with van der Waals surface area (Å²) in [6, 6.07) is 5.34. The Bertz CT molecular complexity index is 1400. The van der Waals surface area contributed by atoms with Gasteiger partial charge in [-0.2, -0.15) is 0 Å². The molecule has 0 aliphatic rings. The highest BCUT2D eigenvalue weighted by molar-refractivity contribution is 7.92. The molecule has 0 radical (unpaired) electrons. The van der Waals surface area contributed by atoms with Crippen LogP contribution in [0.5, 0.6) is 0 Å². The van der Waals surface area contributed by atoms with Crippen molar-refractivity contribution >= 4 is 28.0 Å². The number of carbonyl (C=O) groups excluding carboxylic acids is 1. The van der Waals surface area contributed by atoms with Gasteiger partial charge in [-0.15, -0.1) is 0 Å². The van der Waals surface area contributed by atoms with E-state index in [1.165, 1.54) is 50.4 Å². The number of aromatic nitrogens is 2. The number of hydrogen-bond acceptors (Lipinski definition) is 16. The third kappa shape index (κ3) is 12.2. The lowest BCUT2D eigenvalue weighted by Gasteiger charge is -2.24. The van der Waals surface area contributed by atoms with Gasteiger partial charge in [0.2, 0.25) is 16.0 Å². The molecule has 0 aliphatic carbocycles. The molecule has 252 valence electrons. The lowest BCUT2D eigenvalue weighted by atomic mass is 9.97. The molecule has 4 atom stereocenters. The predicted octanol–water partition coefficient (Wildman–Crippen LogP) is 1.64. The van der Waals surface area contributed by atoms with Gasteiger partial charge >= 0.3 is 5.97 Å². The number of ether oxygens (including phenoxy) is 1. The number of nitrogens with zero attached hydrogens (tertiary/aromatic N) is 5. The molecule has 0 spiro atoms. The molecule has 0 saturated carbocycles. The van der Waals surface area contributed by atoms with Gasteiger partial charge < -0.3 is 14.9 Å². The average Bonchev–Trinajstić information content (AvgIpc) is 2.92. The summed E-state index contributed by atoms with van der Waals surface area (Å²) in [5.41, 5.74) is 1.53. The SMILES string of the molecule is CC(C)c1nc(N(C)S(C)(=O)=O)nc(-c2ccc(F)cc2)c1/C=C/C(O)CC(O)CC(=O)OCC(ON(O)O)C(C)ON(O)O. The maximum atomic E-state index is 13.7. The number of benzene rings is 1. The summed E-state index contributed by atoms with van der Waals surface area (Å²) in [6.07, 6.45) is -2.49. The molecule has 0 fully saturated rings. The highest BCUT2D eigenvalue weighted by Crippen LogP contribution is 2.31. The number of hydrogen-bond donors (Lipinski definition) is 6. The van der Waals surface area contributed by atoms with Gasteiger partial charge in [0.15, 0.2) is 0 Å². The molecule has 45 heavy (non-hydrogen) atoms. The molecule has 19 heteroatoms. The Balaban J connectivity index is 2.23. The highest BCUT2D eigenvalue weighted by Gasteiger charge is 2.27. The zero-order chi connectivity index (χ0) is 34.1. The van der Waals surface area contributed by atoms with Crippen LogP contribution in [-0.4, -0.2) is 111 Å². The van der Waals surface area contributed by atoms with Gasteiger partial charge in [0.05, 0.1) is 47.1 Å². The standard InChI is InChI=1S/C26H38FN5O12S/c1-15(2)24-21(25(17-6-8-18(27)9-7-17)29-26(28-24)30(4)45(5,40)41)11-10-19(33)12-20(34)13-23(35)42-14-22(44-32(38)39)16(3)43-31(36)37/h6-11,15-16,19-20,22,33-34,36-39H,12-14H2,1-5H3/b11-10+. The summed E-state index contributed by atoms with van der Waals surface area (Å²) >= 11 is 0. The maximum absolute atomic E-state index is 13.7. The number of rotatable bonds is 17. The lowest BCUT2D eigenvalue weighted by Crippen LogP contribution is -2.41. The van der Waals surface area contributed by atoms with Crippen molar-refractivity contribution in [3.8, 4) is 11.3 Å². The topological polar surface area (TPSA) is 236 Å². The van der Waals surface area contributed by atoms with Crippen molar-refractivity contribution in [3.63, 3.8) is 0 Å². The van der Waals surface area contributed by atoms with Crippen LogP contribution in [0.2, 0.25) is 0 Å². The minimum Gasteiger partial charge on any atom is -0.463 e. The van der Waals surface area contributed by atoms with E-state index in [1.54, 1.807) is 0 Å². The Morgan fingerprint density at radius 2 is 1.62 bits per heavy atom. The van der Waals surface area contributed by atoms with E-state index in [9.17, 15) is 27.8 Å². The van der Waals surface area contributed by atoms with Crippen LogP contribution in [0, 0.1) is 5.82 Å². The van der Waals surface area contributed by atoms with E-state index >= 15 is 0 Å². The van der Waals surface area contributed by atoms with Gasteiger partial charge in [-0.05, 0) is 37.1 Å². The fourth-order valence-corrected chi connectivity index (χ4v) is 4.24. The van der Waals surface area contributed by atoms with Gasteiger partial charge in [-0.3, -0.25) is 25.6 Å². The summed E-state index contributed by atoms with van der Waals surface area (Å²) in [5, 5.41) is 54.9. The molecular weight excluding hydrogens is 625 g/mol. The largest absolute Gasteiger partial charge is 0.463 e. The van der Waals surface area contributed by atoms with Gasteiger partial charge in [-0.1, -0.05) is 26.0 Å². The van der Waals surface area contributed by atoms with E-state index in [0.717, 1.165) is 10.6 Å². The molecule has 0 saturated heterocycles. The van der Waals surface area contributed by atoms with E-state index in [2.05, 4.69) is 19.6 Å². The second-order valence-corrected chi connectivity index (χ2v) is 12.2. The third-order valence-electron chi connectivity index (χ3n) is 6.23. The van der Waals surface area contributed by atoms with Crippen molar-refractivity contribution in [2.45, 2.75) is 63.9 Å². The number of carbonyl (C=O) groups is 1. The quantitative estimate of drug-likeness (QED) is 0.104. The second kappa shape index (κ2) is 16.9. The van der Waals surface area contributed by atoms with Crippen molar-refractivity contribution in [2.24, 2.45) is 0 Å². The Hall–Kier alpha value is -3.21. The number of esters is 1. The Kier molecular flexibility index (Phi) is 14.3. The van der Waals surface area contributed by atoms with E-state index < -0.39 is 70.0 Å². The van der Waals surface area contributed by atoms with Gasteiger partial charge in [0.25, 0.3) is 0 Å². The smallest absolute Gasteiger partial charge is 0.308 e. The number of halogens is 1. The summed E-state index contributed by atoms with van der Waals surface area (Å²) in [6.45, 7) is 4.20. The van der Waals surface area contributed by atoms with Crippen molar-refractivity contribution < 1.29 is 63.1 Å². The van der Waals surface area contributed by atoms with Crippen LogP contribution in [0.3, 0.4) is 0 Å². The maximum Gasteiger partial charge on any atom is 0.308 e. The monoisotopic (exact) mass is 663 g/mol. The number of aliphatic hydroxyl groups is 2. The molecule has 6 N–H and O–H groups in total. The normalized spacial score (nSPS) is 15.1. The summed E-state index contributed by atoms with van der Waals surface area (Å²) in [7, 11) is -2.43. The molecule has 0 aliphatic heterocycles. The molecule has 0 amide bonds. The van der Waals surface area contributed by atoms with Crippen LogP contribution >= 0.6 is 0 Å². The molecule has 2 rings (SSSR count). The van der Waals surface area contributed by atoms with E-state index in [0.29, 0.717) is 16.8 Å². The Morgan fingerprint density at radius 1 is 1.02 bits per heavy atom. The molecule has 17 nitrogen and oxygen atoms in total. The van der Waals surface area contributed by atoms with Crippen LogP contribution in [0.1, 0.15) is 50.8 Å². The Morgan fingerprint density at radius 3 is 2.16 bits per heavy atom. The number of sulfonamides is 1. The minimum absolute atomic E-state index is 0.114. The Labute approximate surface area is 258 Å². The summed E-state index contributed by atoms with van der Waals surface area (Å²) in [5.74, 6) is -1.83. The van der Waals surface area contributed by atoms with E-state index in [4.69, 9.17) is 25.6 Å². The van der Waals surface area contributed by atoms with Crippen molar-refractivity contribution in [1.82, 2.24) is 20.7 Å². The van der Waals surface area contributed by atoms with Crippen molar-refractivity contribution in [3.05, 3.63) is 47.4 Å². The molecule has 2 aromatic rings. The number of aliphatic hydroxyl groups excluding tert-OH is 2. The summed E-state index contributed by atoms with van der Waals surface area (Å²) < 4.78 is 43.9. The molecule has 4 unspecified atom stereocenters. The first-order valence-corrected chi connectivity index (χ1v) is 15.2. The van der Waals surface area contributed by atoms with Crippen molar-refractivity contribution in [1.29, 1.82) is 0 Å². The van der Waals surface area contributed by atoms with Crippen molar-refractivity contribution in [2.75, 3.05) is 24.2 Å².